The summed E-state index contributed by atoms with van der Waals surface area (Å²) in [7, 11) is -0.559. The maximum Gasteiger partial charge on any atom is 0.264 e. The molecule has 206 valence electrons. The molecule has 0 radical (unpaired) electrons. The molecule has 2 amide bonds. The SMILES string of the molecule is CCN1CCN(c2cccc3c2C(=O)N([C@H](CCCOS(C)(=O)=O)c2ccc(OC)c(OC)c2)C3=O)CC1. The molecule has 2 aliphatic rings. The molecule has 2 aromatic carbocycles. The van der Waals surface area contributed by atoms with Gasteiger partial charge in [0.1, 0.15) is 0 Å². The zero-order valence-corrected chi connectivity index (χ0v) is 23.1. The first kappa shape index (κ1) is 27.9. The smallest absolute Gasteiger partial charge is 0.264 e. The van der Waals surface area contributed by atoms with Crippen LogP contribution in [0.2, 0.25) is 0 Å². The van der Waals surface area contributed by atoms with Gasteiger partial charge in [0.15, 0.2) is 11.5 Å². The monoisotopic (exact) mass is 545 g/mol. The summed E-state index contributed by atoms with van der Waals surface area (Å²) in [6.45, 7) is 6.37. The van der Waals surface area contributed by atoms with E-state index in [4.69, 9.17) is 13.7 Å². The summed E-state index contributed by atoms with van der Waals surface area (Å²) in [4.78, 5) is 33.5. The van der Waals surface area contributed by atoms with Crippen molar-refractivity contribution in [3.63, 3.8) is 0 Å². The molecule has 1 saturated heterocycles. The van der Waals surface area contributed by atoms with Gasteiger partial charge in [0.05, 0.1) is 49.9 Å². The number of rotatable bonds is 11. The molecule has 0 spiro atoms. The molecule has 0 aromatic heterocycles. The van der Waals surface area contributed by atoms with Crippen molar-refractivity contribution in [1.82, 2.24) is 9.80 Å². The van der Waals surface area contributed by atoms with Crippen LogP contribution in [-0.4, -0.2) is 89.8 Å². The van der Waals surface area contributed by atoms with Crippen LogP contribution in [-0.2, 0) is 14.3 Å². The summed E-state index contributed by atoms with van der Waals surface area (Å²) in [5, 5.41) is 0. The molecule has 10 nitrogen and oxygen atoms in total. The van der Waals surface area contributed by atoms with Crippen LogP contribution in [0.1, 0.15) is 52.1 Å². The van der Waals surface area contributed by atoms with Crippen LogP contribution in [0, 0.1) is 0 Å². The first-order valence-corrected chi connectivity index (χ1v) is 14.5. The molecule has 0 N–H and O–H groups in total. The minimum atomic E-state index is -3.61. The quantitative estimate of drug-likeness (QED) is 0.239. The third-order valence-electron chi connectivity index (χ3n) is 7.11. The second kappa shape index (κ2) is 11.7. The van der Waals surface area contributed by atoms with Crippen LogP contribution < -0.4 is 14.4 Å². The third-order valence-corrected chi connectivity index (χ3v) is 7.70. The van der Waals surface area contributed by atoms with E-state index in [1.54, 1.807) is 24.3 Å². The van der Waals surface area contributed by atoms with Crippen molar-refractivity contribution in [1.29, 1.82) is 0 Å². The number of piperazine rings is 1. The number of methoxy groups -OCH3 is 2. The number of anilines is 1. The Morgan fingerprint density at radius 1 is 0.947 bits per heavy atom. The van der Waals surface area contributed by atoms with Gasteiger partial charge in [0.25, 0.3) is 21.9 Å². The van der Waals surface area contributed by atoms with Gasteiger partial charge in [0.2, 0.25) is 0 Å². The number of carbonyl (C=O) groups is 2. The molecule has 2 aromatic rings. The Balaban J connectivity index is 1.67. The number of carbonyl (C=O) groups excluding carboxylic acids is 2. The standard InChI is InChI=1S/C27H35N3O7S/c1-5-28-13-15-29(16-14-28)22-9-6-8-20-25(22)27(32)30(26(20)31)21(10-7-17-37-38(4,33)34)19-11-12-23(35-2)24(18-19)36-3/h6,8-9,11-12,18,21H,5,7,10,13-17H2,1-4H3/t21-/m1/s1. The van der Waals surface area contributed by atoms with Crippen molar-refractivity contribution in [2.45, 2.75) is 25.8 Å². The Labute approximate surface area is 224 Å². The van der Waals surface area contributed by atoms with Crippen LogP contribution in [0.3, 0.4) is 0 Å². The van der Waals surface area contributed by atoms with Gasteiger partial charge in [0, 0.05) is 26.2 Å². The van der Waals surface area contributed by atoms with E-state index in [1.807, 2.05) is 12.1 Å². The highest BCUT2D eigenvalue weighted by atomic mass is 32.2. The largest absolute Gasteiger partial charge is 0.493 e. The Kier molecular flexibility index (Phi) is 8.59. The minimum absolute atomic E-state index is 0.0568. The van der Waals surface area contributed by atoms with E-state index in [-0.39, 0.29) is 18.4 Å². The summed E-state index contributed by atoms with van der Waals surface area (Å²) in [6.07, 6.45) is 1.61. The van der Waals surface area contributed by atoms with Gasteiger partial charge in [-0.25, -0.2) is 0 Å². The fourth-order valence-corrected chi connectivity index (χ4v) is 5.55. The van der Waals surface area contributed by atoms with E-state index in [0.717, 1.165) is 44.7 Å². The lowest BCUT2D eigenvalue weighted by atomic mass is 9.99. The summed E-state index contributed by atoms with van der Waals surface area (Å²) in [5.74, 6) is 0.255. The number of imide groups is 1. The first-order chi connectivity index (χ1) is 18.2. The van der Waals surface area contributed by atoms with E-state index in [1.165, 1.54) is 19.1 Å². The number of likely N-dealkylation sites (N-methyl/N-ethyl adjacent to an activating group) is 1. The minimum Gasteiger partial charge on any atom is -0.493 e. The molecule has 1 fully saturated rings. The van der Waals surface area contributed by atoms with Crippen LogP contribution in [0.5, 0.6) is 11.5 Å². The molecule has 0 saturated carbocycles. The Bertz CT molecular complexity index is 1290. The summed E-state index contributed by atoms with van der Waals surface area (Å²) in [5.41, 5.74) is 2.24. The average molecular weight is 546 g/mol. The highest BCUT2D eigenvalue weighted by molar-refractivity contribution is 7.85. The lowest BCUT2D eigenvalue weighted by Gasteiger charge is -2.36. The van der Waals surface area contributed by atoms with Crippen molar-refractivity contribution in [3.05, 3.63) is 53.1 Å². The van der Waals surface area contributed by atoms with Crippen LogP contribution in [0.25, 0.3) is 0 Å². The second-order valence-electron chi connectivity index (χ2n) is 9.40. The van der Waals surface area contributed by atoms with Crippen LogP contribution >= 0.6 is 0 Å². The van der Waals surface area contributed by atoms with Gasteiger partial charge in [-0.2, -0.15) is 8.42 Å². The fourth-order valence-electron chi connectivity index (χ4n) is 5.13. The normalized spacial score (nSPS) is 17.1. The lowest BCUT2D eigenvalue weighted by molar-refractivity contribution is 0.0568. The Hall–Kier alpha value is -3.15. The number of hydrogen-bond acceptors (Lipinski definition) is 9. The third kappa shape index (κ3) is 5.79. The Morgan fingerprint density at radius 3 is 2.29 bits per heavy atom. The van der Waals surface area contributed by atoms with E-state index < -0.39 is 16.2 Å². The molecule has 1 atom stereocenters. The van der Waals surface area contributed by atoms with Gasteiger partial charge in [-0.15, -0.1) is 0 Å². The Morgan fingerprint density at radius 2 is 1.66 bits per heavy atom. The number of ether oxygens (including phenoxy) is 2. The molecular formula is C27H35N3O7S. The predicted octanol–water partition coefficient (Wildman–Crippen LogP) is 2.94. The lowest BCUT2D eigenvalue weighted by Crippen LogP contribution is -2.46. The van der Waals surface area contributed by atoms with Crippen molar-refractivity contribution >= 4 is 27.6 Å². The van der Waals surface area contributed by atoms with Crippen LogP contribution in [0.15, 0.2) is 36.4 Å². The topological polar surface area (TPSA) is 106 Å². The van der Waals surface area contributed by atoms with Crippen molar-refractivity contribution in [2.24, 2.45) is 0 Å². The van der Waals surface area contributed by atoms with E-state index in [0.29, 0.717) is 41.0 Å². The average Bonchev–Trinajstić information content (AvgIpc) is 3.17. The zero-order valence-electron chi connectivity index (χ0n) is 22.3. The molecule has 0 aliphatic carbocycles. The van der Waals surface area contributed by atoms with Gasteiger partial charge < -0.3 is 19.3 Å². The molecule has 2 aliphatic heterocycles. The number of benzene rings is 2. The van der Waals surface area contributed by atoms with Gasteiger partial charge >= 0.3 is 0 Å². The summed E-state index contributed by atoms with van der Waals surface area (Å²) < 4.78 is 38.7. The van der Waals surface area contributed by atoms with E-state index in [9.17, 15) is 18.0 Å². The highest BCUT2D eigenvalue weighted by Crippen LogP contribution is 2.40. The number of nitrogens with zero attached hydrogens (tertiary/aromatic N) is 3. The number of hydrogen-bond donors (Lipinski definition) is 0. The fraction of sp³-hybridized carbons (Fsp3) is 0.481. The maximum absolute atomic E-state index is 14.0. The second-order valence-corrected chi connectivity index (χ2v) is 11.0. The predicted molar refractivity (Wildman–Crippen MR) is 144 cm³/mol. The van der Waals surface area contributed by atoms with Gasteiger partial charge in [-0.05, 0) is 49.2 Å². The molecule has 38 heavy (non-hydrogen) atoms. The van der Waals surface area contributed by atoms with E-state index in [2.05, 4.69) is 16.7 Å². The maximum atomic E-state index is 14.0. The molecule has 4 rings (SSSR count). The molecule has 11 heteroatoms. The van der Waals surface area contributed by atoms with Crippen molar-refractivity contribution in [2.75, 3.05) is 64.7 Å². The van der Waals surface area contributed by atoms with E-state index >= 15 is 0 Å². The van der Waals surface area contributed by atoms with Gasteiger partial charge in [-0.1, -0.05) is 19.1 Å². The van der Waals surface area contributed by atoms with Crippen molar-refractivity contribution < 1.29 is 31.7 Å². The zero-order chi connectivity index (χ0) is 27.4. The summed E-state index contributed by atoms with van der Waals surface area (Å²) in [6, 6.07) is 10.0. The van der Waals surface area contributed by atoms with Gasteiger partial charge in [-0.3, -0.25) is 18.7 Å². The summed E-state index contributed by atoms with van der Waals surface area (Å²) >= 11 is 0. The molecule has 0 bridgehead atoms. The van der Waals surface area contributed by atoms with Crippen LogP contribution in [0.4, 0.5) is 5.69 Å². The number of fused-ring (bicyclic) bond motifs is 1. The molecule has 0 unspecified atom stereocenters. The number of amides is 2. The molecule has 2 heterocycles. The first-order valence-electron chi connectivity index (χ1n) is 12.7. The highest BCUT2D eigenvalue weighted by Gasteiger charge is 2.43. The van der Waals surface area contributed by atoms with Crippen molar-refractivity contribution in [3.8, 4) is 11.5 Å². The molecular weight excluding hydrogens is 510 g/mol.